The summed E-state index contributed by atoms with van der Waals surface area (Å²) >= 11 is 5.98. The zero-order valence-electron chi connectivity index (χ0n) is 9.58. The molecule has 2 N–H and O–H groups in total. The molecule has 0 fully saturated rings. The van der Waals surface area contributed by atoms with Crippen molar-refractivity contribution in [1.29, 1.82) is 0 Å². The highest BCUT2D eigenvalue weighted by atomic mass is 35.5. The first kappa shape index (κ1) is 13.2. The molecule has 0 spiro atoms. The maximum Gasteiger partial charge on any atom is 0.153 e. The predicted octanol–water partition coefficient (Wildman–Crippen LogP) is 2.97. The summed E-state index contributed by atoms with van der Waals surface area (Å²) in [4.78, 5) is 11.8. The van der Waals surface area contributed by atoms with E-state index in [0.717, 1.165) is 24.8 Å². The molecule has 0 saturated heterocycles. The van der Waals surface area contributed by atoms with Crippen LogP contribution in [0.15, 0.2) is 24.3 Å². The number of carbonyl (C=O) groups is 1. The second-order valence-corrected chi connectivity index (χ2v) is 4.39. The van der Waals surface area contributed by atoms with Crippen molar-refractivity contribution in [3.05, 3.63) is 34.9 Å². The number of hydrogen-bond acceptors (Lipinski definition) is 2. The summed E-state index contributed by atoms with van der Waals surface area (Å²) in [5.41, 5.74) is 6.67. The van der Waals surface area contributed by atoms with Crippen molar-refractivity contribution in [3.63, 3.8) is 0 Å². The van der Waals surface area contributed by atoms with Crippen molar-refractivity contribution in [2.75, 3.05) is 0 Å². The Morgan fingerprint density at radius 3 is 2.75 bits per heavy atom. The lowest BCUT2D eigenvalue weighted by molar-refractivity contribution is -0.119. The van der Waals surface area contributed by atoms with Gasteiger partial charge in [0.15, 0.2) is 5.78 Å². The second-order valence-electron chi connectivity index (χ2n) is 3.98. The van der Waals surface area contributed by atoms with Crippen LogP contribution in [0.1, 0.15) is 31.7 Å². The molecule has 0 saturated carbocycles. The Hall–Kier alpha value is -0.860. The lowest BCUT2D eigenvalue weighted by atomic mass is 10.0. The molecule has 0 aliphatic carbocycles. The number of unbranched alkanes of at least 4 members (excludes halogenated alkanes) is 1. The van der Waals surface area contributed by atoms with Crippen LogP contribution in [0.2, 0.25) is 5.02 Å². The fraction of sp³-hybridized carbons (Fsp3) is 0.462. The molecule has 3 heteroatoms. The van der Waals surface area contributed by atoms with Gasteiger partial charge in [-0.15, -0.1) is 0 Å². The van der Waals surface area contributed by atoms with Gasteiger partial charge in [0.2, 0.25) is 0 Å². The molecule has 1 aromatic rings. The minimum Gasteiger partial charge on any atom is -0.321 e. The van der Waals surface area contributed by atoms with Crippen molar-refractivity contribution in [1.82, 2.24) is 0 Å². The molecule has 1 aromatic carbocycles. The van der Waals surface area contributed by atoms with Crippen LogP contribution in [0.5, 0.6) is 0 Å². The van der Waals surface area contributed by atoms with Gasteiger partial charge in [-0.2, -0.15) is 0 Å². The topological polar surface area (TPSA) is 43.1 Å². The zero-order valence-corrected chi connectivity index (χ0v) is 10.3. The smallest absolute Gasteiger partial charge is 0.153 e. The average molecular weight is 240 g/mol. The number of halogens is 1. The largest absolute Gasteiger partial charge is 0.321 e. The van der Waals surface area contributed by atoms with Crippen molar-refractivity contribution in [2.24, 2.45) is 5.73 Å². The monoisotopic (exact) mass is 239 g/mol. The number of nitrogens with two attached hydrogens (primary N) is 1. The van der Waals surface area contributed by atoms with Crippen LogP contribution in [0.25, 0.3) is 0 Å². The molecule has 88 valence electrons. The molecule has 1 rings (SSSR count). The molecule has 1 atom stereocenters. The quantitative estimate of drug-likeness (QED) is 0.830. The molecule has 0 amide bonds. The van der Waals surface area contributed by atoms with Gasteiger partial charge in [-0.25, -0.2) is 0 Å². The average Bonchev–Trinajstić information content (AvgIpc) is 2.28. The van der Waals surface area contributed by atoms with Crippen LogP contribution in [0, 0.1) is 0 Å². The minimum absolute atomic E-state index is 0.0709. The molecule has 0 bridgehead atoms. The maximum absolute atomic E-state index is 11.8. The SMILES string of the molecule is CCCCC(N)C(=O)Cc1ccccc1Cl. The third-order valence-corrected chi connectivity index (χ3v) is 2.97. The lowest BCUT2D eigenvalue weighted by Crippen LogP contribution is -2.31. The summed E-state index contributed by atoms with van der Waals surface area (Å²) in [7, 11) is 0. The molecule has 0 heterocycles. The van der Waals surface area contributed by atoms with E-state index in [9.17, 15) is 4.79 Å². The first-order valence-electron chi connectivity index (χ1n) is 5.66. The van der Waals surface area contributed by atoms with Crippen molar-refractivity contribution < 1.29 is 4.79 Å². The molecular weight excluding hydrogens is 222 g/mol. The van der Waals surface area contributed by atoms with Gasteiger partial charge in [-0.1, -0.05) is 49.6 Å². The highest BCUT2D eigenvalue weighted by Gasteiger charge is 2.14. The van der Waals surface area contributed by atoms with Gasteiger partial charge in [0.25, 0.3) is 0 Å². The summed E-state index contributed by atoms with van der Waals surface area (Å²) < 4.78 is 0. The van der Waals surface area contributed by atoms with Gasteiger partial charge >= 0.3 is 0 Å². The fourth-order valence-corrected chi connectivity index (χ4v) is 1.75. The molecular formula is C13H18ClNO. The highest BCUT2D eigenvalue weighted by molar-refractivity contribution is 6.31. The first-order valence-corrected chi connectivity index (χ1v) is 6.04. The van der Waals surface area contributed by atoms with E-state index in [1.165, 1.54) is 0 Å². The summed E-state index contributed by atoms with van der Waals surface area (Å²) in [6, 6.07) is 7.05. The standard InChI is InChI=1S/C13H18ClNO/c1-2-3-8-12(15)13(16)9-10-6-4-5-7-11(10)14/h4-7,12H,2-3,8-9,15H2,1H3. The number of Topliss-reactive ketones (excluding diaryl/α,β-unsaturated/α-hetero) is 1. The summed E-state index contributed by atoms with van der Waals surface area (Å²) in [5.74, 6) is 0.0709. The summed E-state index contributed by atoms with van der Waals surface area (Å²) in [5, 5.41) is 0.638. The van der Waals surface area contributed by atoms with Crippen LogP contribution in [0.4, 0.5) is 0 Å². The minimum atomic E-state index is -0.351. The molecule has 0 aliphatic heterocycles. The van der Waals surface area contributed by atoms with Gasteiger partial charge in [0.05, 0.1) is 6.04 Å². The van der Waals surface area contributed by atoms with E-state index in [0.29, 0.717) is 11.4 Å². The Bertz CT molecular complexity index is 352. The zero-order chi connectivity index (χ0) is 12.0. The van der Waals surface area contributed by atoms with Gasteiger partial charge in [-0.3, -0.25) is 4.79 Å². The van der Waals surface area contributed by atoms with E-state index in [1.807, 2.05) is 18.2 Å². The van der Waals surface area contributed by atoms with E-state index >= 15 is 0 Å². The Morgan fingerprint density at radius 1 is 1.44 bits per heavy atom. The third-order valence-electron chi connectivity index (χ3n) is 2.60. The van der Waals surface area contributed by atoms with Crippen LogP contribution in [-0.2, 0) is 11.2 Å². The number of carbonyl (C=O) groups excluding carboxylic acids is 1. The molecule has 0 radical (unpaired) electrons. The first-order chi connectivity index (χ1) is 7.65. The predicted molar refractivity (Wildman–Crippen MR) is 67.7 cm³/mol. The number of benzene rings is 1. The molecule has 0 aliphatic rings. The van der Waals surface area contributed by atoms with Gasteiger partial charge in [0.1, 0.15) is 0 Å². The Morgan fingerprint density at radius 2 is 2.12 bits per heavy atom. The van der Waals surface area contributed by atoms with Crippen LogP contribution < -0.4 is 5.73 Å². The molecule has 1 unspecified atom stereocenters. The van der Waals surface area contributed by atoms with E-state index in [4.69, 9.17) is 17.3 Å². The molecule has 0 aromatic heterocycles. The van der Waals surface area contributed by atoms with Crippen molar-refractivity contribution in [2.45, 2.75) is 38.6 Å². The Kier molecular flexibility index (Phi) is 5.50. The molecule has 2 nitrogen and oxygen atoms in total. The van der Waals surface area contributed by atoms with Gasteiger partial charge < -0.3 is 5.73 Å². The van der Waals surface area contributed by atoms with E-state index in [1.54, 1.807) is 6.07 Å². The maximum atomic E-state index is 11.8. The van der Waals surface area contributed by atoms with Crippen molar-refractivity contribution >= 4 is 17.4 Å². The van der Waals surface area contributed by atoms with Gasteiger partial charge in [0, 0.05) is 11.4 Å². The van der Waals surface area contributed by atoms with Crippen LogP contribution in [0.3, 0.4) is 0 Å². The normalized spacial score (nSPS) is 12.4. The second kappa shape index (κ2) is 6.66. The number of hydrogen-bond donors (Lipinski definition) is 1. The fourth-order valence-electron chi connectivity index (χ4n) is 1.55. The summed E-state index contributed by atoms with van der Waals surface area (Å²) in [6.07, 6.45) is 3.16. The van der Waals surface area contributed by atoms with Crippen LogP contribution >= 0.6 is 11.6 Å². The van der Waals surface area contributed by atoms with Gasteiger partial charge in [-0.05, 0) is 18.1 Å². The van der Waals surface area contributed by atoms with Crippen LogP contribution in [-0.4, -0.2) is 11.8 Å². The Balaban J connectivity index is 2.54. The Labute approximate surface area is 102 Å². The molecule has 16 heavy (non-hydrogen) atoms. The summed E-state index contributed by atoms with van der Waals surface area (Å²) in [6.45, 7) is 2.09. The van der Waals surface area contributed by atoms with Crippen molar-refractivity contribution in [3.8, 4) is 0 Å². The number of ketones is 1. The lowest BCUT2D eigenvalue weighted by Gasteiger charge is -2.10. The third kappa shape index (κ3) is 3.95. The van der Waals surface area contributed by atoms with E-state index in [2.05, 4.69) is 6.92 Å². The highest BCUT2D eigenvalue weighted by Crippen LogP contribution is 2.16. The van der Waals surface area contributed by atoms with E-state index < -0.39 is 0 Å². The number of rotatable bonds is 6. The van der Waals surface area contributed by atoms with E-state index in [-0.39, 0.29) is 11.8 Å².